The fourth-order valence-electron chi connectivity index (χ4n) is 5.49. The molecule has 0 aliphatic heterocycles. The molecule has 0 fully saturated rings. The number of amides is 3. The van der Waals surface area contributed by atoms with Crippen LogP contribution in [0.2, 0.25) is 0 Å². The molecule has 0 saturated carbocycles. The maximum atomic E-state index is 13.3. The number of ether oxygens (including phenoxy) is 5. The van der Waals surface area contributed by atoms with Gasteiger partial charge in [-0.25, -0.2) is 11.4 Å². The Morgan fingerprint density at radius 3 is 1.54 bits per heavy atom. The average Bonchev–Trinajstić information content (AvgIpc) is 3.13. The zero-order chi connectivity index (χ0) is 38.5. The molecular formula is C39H55N5O8. The summed E-state index contributed by atoms with van der Waals surface area (Å²) in [5.41, 5.74) is 1.14. The Bertz CT molecular complexity index is 1430. The minimum atomic E-state index is -0.712. The molecule has 0 bridgehead atoms. The summed E-state index contributed by atoms with van der Waals surface area (Å²) in [6.45, 7) is 14.8. The summed E-state index contributed by atoms with van der Waals surface area (Å²) >= 11 is 0. The van der Waals surface area contributed by atoms with Crippen LogP contribution < -0.4 is 18.9 Å². The number of methoxy groups -OCH3 is 4. The predicted octanol–water partition coefficient (Wildman–Crippen LogP) is 5.79. The Kier molecular flexibility index (Phi) is 18.7. The molecule has 0 heterocycles. The van der Waals surface area contributed by atoms with Crippen LogP contribution in [-0.2, 0) is 27.2 Å². The van der Waals surface area contributed by atoms with Crippen LogP contribution in [-0.4, -0.2) is 112 Å². The highest BCUT2D eigenvalue weighted by Gasteiger charge is 2.24. The first-order valence-electron chi connectivity index (χ1n) is 17.5. The minimum Gasteiger partial charge on any atom is -0.493 e. The fraction of sp³-hybridized carbons (Fsp3) is 0.564. The molecule has 0 radical (unpaired) electrons. The van der Waals surface area contributed by atoms with Crippen LogP contribution >= 0.6 is 0 Å². The van der Waals surface area contributed by atoms with Crippen LogP contribution in [0.4, 0.5) is 4.79 Å². The second-order valence-electron chi connectivity index (χ2n) is 13.1. The molecule has 0 N–H and O–H groups in total. The van der Waals surface area contributed by atoms with Crippen LogP contribution in [0, 0.1) is 17.9 Å². The fourth-order valence-corrected chi connectivity index (χ4v) is 5.49. The highest BCUT2D eigenvalue weighted by Crippen LogP contribution is 2.29. The zero-order valence-electron chi connectivity index (χ0n) is 31.9. The number of hydrogen-bond acceptors (Lipinski definition) is 9. The normalized spacial score (nSPS) is 10.7. The van der Waals surface area contributed by atoms with Crippen molar-refractivity contribution < 1.29 is 38.1 Å². The van der Waals surface area contributed by atoms with Gasteiger partial charge in [-0.3, -0.25) is 9.59 Å². The third-order valence-electron chi connectivity index (χ3n) is 8.20. The topological polar surface area (TPSA) is 135 Å². The van der Waals surface area contributed by atoms with E-state index in [-0.39, 0.29) is 44.2 Å². The summed E-state index contributed by atoms with van der Waals surface area (Å²) in [5, 5.41) is 9.24. The van der Waals surface area contributed by atoms with Gasteiger partial charge in [-0.1, -0.05) is 12.1 Å². The first-order chi connectivity index (χ1) is 24.9. The molecule has 0 atom stereocenters. The number of benzene rings is 2. The molecule has 0 aliphatic rings. The Labute approximate surface area is 309 Å². The quantitative estimate of drug-likeness (QED) is 0.138. The van der Waals surface area contributed by atoms with Gasteiger partial charge in [0.05, 0.1) is 47.5 Å². The number of carbonyl (C=O) groups is 3. The standard InChI is InChI=1S/C39H55N5O8/c1-39(2,3)52-38(47)44(25-10-23-42(22-9-20-40)36(45)18-14-30-12-16-32(48-5)34(28-30)50-7)26-11-24-43(27-21-41-4)37(46)19-15-31-13-17-33(49-6)35(29-31)51-8/h12-13,16-17,28-29H,9-11,14-15,18-19,21-27H2,1-3,5-8H3. The lowest BCUT2D eigenvalue weighted by molar-refractivity contribution is -0.131. The van der Waals surface area contributed by atoms with E-state index in [1.807, 2.05) is 24.3 Å². The molecule has 284 valence electrons. The van der Waals surface area contributed by atoms with Crippen molar-refractivity contribution in [3.8, 4) is 29.1 Å². The smallest absolute Gasteiger partial charge is 0.410 e. The van der Waals surface area contributed by atoms with Crippen LogP contribution in [0.15, 0.2) is 36.4 Å². The van der Waals surface area contributed by atoms with Crippen molar-refractivity contribution >= 4 is 17.9 Å². The third kappa shape index (κ3) is 15.0. The van der Waals surface area contributed by atoms with Crippen molar-refractivity contribution in [1.29, 1.82) is 5.26 Å². The van der Waals surface area contributed by atoms with Crippen molar-refractivity contribution in [3.63, 3.8) is 0 Å². The van der Waals surface area contributed by atoms with E-state index in [0.717, 1.165) is 11.1 Å². The number of rotatable bonds is 22. The first-order valence-corrected chi connectivity index (χ1v) is 17.5. The lowest BCUT2D eigenvalue weighted by atomic mass is 10.1. The minimum absolute atomic E-state index is 0.0815. The Balaban J connectivity index is 2.05. The van der Waals surface area contributed by atoms with E-state index in [4.69, 9.17) is 30.3 Å². The number of nitriles is 1. The number of aryl methyl sites for hydroxylation is 2. The van der Waals surface area contributed by atoms with Gasteiger partial charge in [0, 0.05) is 45.6 Å². The van der Waals surface area contributed by atoms with Crippen molar-refractivity contribution in [2.75, 3.05) is 74.3 Å². The highest BCUT2D eigenvalue weighted by atomic mass is 16.6. The molecule has 3 amide bonds. The van der Waals surface area contributed by atoms with Gasteiger partial charge in [0.25, 0.3) is 0 Å². The summed E-state index contributed by atoms with van der Waals surface area (Å²) in [6, 6.07) is 13.2. The molecule has 13 nitrogen and oxygen atoms in total. The van der Waals surface area contributed by atoms with E-state index in [0.29, 0.717) is 81.4 Å². The molecule has 2 aromatic rings. The van der Waals surface area contributed by atoms with Gasteiger partial charge in [0.15, 0.2) is 23.0 Å². The van der Waals surface area contributed by atoms with Gasteiger partial charge in [-0.05, 0) is 81.8 Å². The SMILES string of the molecule is [C-]#[N+]CCN(CCCN(CCCN(CCC#N)C(=O)CCc1ccc(OC)c(OC)c1)C(=O)OC(C)(C)C)C(=O)CCc1ccc(OC)c(OC)c1. The average molecular weight is 722 g/mol. The molecule has 0 aromatic heterocycles. The van der Waals surface area contributed by atoms with Crippen molar-refractivity contribution in [3.05, 3.63) is 58.9 Å². The van der Waals surface area contributed by atoms with E-state index in [9.17, 15) is 19.6 Å². The number of carbonyl (C=O) groups excluding carboxylic acids is 3. The molecule has 0 aliphatic carbocycles. The predicted molar refractivity (Wildman–Crippen MR) is 198 cm³/mol. The van der Waals surface area contributed by atoms with E-state index in [1.54, 1.807) is 76.0 Å². The Morgan fingerprint density at radius 2 is 1.13 bits per heavy atom. The van der Waals surface area contributed by atoms with Crippen LogP contribution in [0.25, 0.3) is 4.85 Å². The monoisotopic (exact) mass is 721 g/mol. The van der Waals surface area contributed by atoms with E-state index >= 15 is 0 Å². The van der Waals surface area contributed by atoms with Crippen LogP contribution in [0.1, 0.15) is 64.0 Å². The molecular weight excluding hydrogens is 666 g/mol. The largest absolute Gasteiger partial charge is 0.493 e. The van der Waals surface area contributed by atoms with Crippen molar-refractivity contribution in [2.24, 2.45) is 0 Å². The molecule has 13 heteroatoms. The van der Waals surface area contributed by atoms with E-state index in [2.05, 4.69) is 10.9 Å². The zero-order valence-corrected chi connectivity index (χ0v) is 31.9. The molecule has 52 heavy (non-hydrogen) atoms. The summed E-state index contributed by atoms with van der Waals surface area (Å²) in [4.78, 5) is 48.2. The van der Waals surface area contributed by atoms with Crippen LogP contribution in [0.5, 0.6) is 23.0 Å². The molecule has 2 aromatic carbocycles. The summed E-state index contributed by atoms with van der Waals surface area (Å²) in [7, 11) is 6.26. The lowest BCUT2D eigenvalue weighted by Crippen LogP contribution is -2.41. The summed E-state index contributed by atoms with van der Waals surface area (Å²) in [6.07, 6.45) is 2.14. The van der Waals surface area contributed by atoms with Crippen molar-refractivity contribution in [2.45, 2.75) is 71.3 Å². The lowest BCUT2D eigenvalue weighted by Gasteiger charge is -2.29. The molecule has 2 rings (SSSR count). The second-order valence-corrected chi connectivity index (χ2v) is 13.1. The Morgan fingerprint density at radius 1 is 0.692 bits per heavy atom. The highest BCUT2D eigenvalue weighted by molar-refractivity contribution is 5.77. The van der Waals surface area contributed by atoms with Gasteiger partial charge in [0.1, 0.15) is 5.60 Å². The summed E-state index contributed by atoms with van der Waals surface area (Å²) in [5.74, 6) is 2.23. The number of nitrogens with zero attached hydrogens (tertiary/aromatic N) is 5. The van der Waals surface area contributed by atoms with Gasteiger partial charge < -0.3 is 43.2 Å². The van der Waals surface area contributed by atoms with Gasteiger partial charge >= 0.3 is 6.09 Å². The van der Waals surface area contributed by atoms with Crippen LogP contribution in [0.3, 0.4) is 0 Å². The maximum Gasteiger partial charge on any atom is 0.410 e. The van der Waals surface area contributed by atoms with Gasteiger partial charge in [-0.15, -0.1) is 0 Å². The van der Waals surface area contributed by atoms with Crippen molar-refractivity contribution in [1.82, 2.24) is 14.7 Å². The van der Waals surface area contributed by atoms with E-state index in [1.165, 1.54) is 0 Å². The molecule has 0 spiro atoms. The molecule has 0 unspecified atom stereocenters. The molecule has 0 saturated heterocycles. The first kappa shape index (κ1) is 43.0. The Hall–Kier alpha value is -5.17. The maximum absolute atomic E-state index is 13.3. The third-order valence-corrected chi connectivity index (χ3v) is 8.20. The summed E-state index contributed by atoms with van der Waals surface area (Å²) < 4.78 is 27.1. The number of hydrogen-bond donors (Lipinski definition) is 0. The van der Waals surface area contributed by atoms with Gasteiger partial charge in [-0.2, -0.15) is 5.26 Å². The van der Waals surface area contributed by atoms with E-state index < -0.39 is 11.7 Å². The van der Waals surface area contributed by atoms with Gasteiger partial charge in [0.2, 0.25) is 18.4 Å². The second kappa shape index (κ2) is 22.6.